The second-order valence-corrected chi connectivity index (χ2v) is 5.64. The van der Waals surface area contributed by atoms with Gasteiger partial charge in [0.2, 0.25) is 12.7 Å². The molecular weight excluding hydrogens is 268 g/mol. The lowest BCUT2D eigenvalue weighted by atomic mass is 10.0. The lowest BCUT2D eigenvalue weighted by Gasteiger charge is -2.25. The Morgan fingerprint density at radius 1 is 1.38 bits per heavy atom. The molecule has 1 amide bonds. The van der Waals surface area contributed by atoms with Crippen LogP contribution in [0.5, 0.6) is 11.5 Å². The number of carbonyl (C=O) groups is 1. The van der Waals surface area contributed by atoms with E-state index in [1.807, 2.05) is 6.07 Å². The Labute approximate surface area is 125 Å². The van der Waals surface area contributed by atoms with Crippen LogP contribution in [0.15, 0.2) is 18.2 Å². The first-order valence-corrected chi connectivity index (χ1v) is 7.62. The van der Waals surface area contributed by atoms with Gasteiger partial charge in [0.25, 0.3) is 0 Å². The van der Waals surface area contributed by atoms with Gasteiger partial charge in [-0.3, -0.25) is 9.69 Å². The zero-order chi connectivity index (χ0) is 14.7. The van der Waals surface area contributed by atoms with Crippen molar-refractivity contribution < 1.29 is 14.3 Å². The van der Waals surface area contributed by atoms with Gasteiger partial charge >= 0.3 is 0 Å². The molecular formula is C16H22N2O3. The van der Waals surface area contributed by atoms with Gasteiger partial charge in [0.15, 0.2) is 11.5 Å². The average Bonchev–Trinajstić information content (AvgIpc) is 3.11. The van der Waals surface area contributed by atoms with Crippen molar-refractivity contribution in [1.82, 2.24) is 10.2 Å². The van der Waals surface area contributed by atoms with Gasteiger partial charge in [-0.1, -0.05) is 6.07 Å². The van der Waals surface area contributed by atoms with Crippen molar-refractivity contribution in [2.24, 2.45) is 0 Å². The Morgan fingerprint density at radius 3 is 3.10 bits per heavy atom. The van der Waals surface area contributed by atoms with Crippen LogP contribution in [0.2, 0.25) is 0 Å². The average molecular weight is 290 g/mol. The number of carbonyl (C=O) groups excluding carboxylic acids is 1. The molecule has 0 bridgehead atoms. The molecule has 0 aromatic heterocycles. The predicted octanol–water partition coefficient (Wildman–Crippen LogP) is 2.08. The van der Waals surface area contributed by atoms with Crippen LogP contribution >= 0.6 is 0 Å². The lowest BCUT2D eigenvalue weighted by Crippen LogP contribution is -2.28. The zero-order valence-electron chi connectivity index (χ0n) is 12.4. The Kier molecular flexibility index (Phi) is 4.29. The second-order valence-electron chi connectivity index (χ2n) is 5.64. The zero-order valence-corrected chi connectivity index (χ0v) is 12.4. The Hall–Kier alpha value is -1.75. The summed E-state index contributed by atoms with van der Waals surface area (Å²) < 4.78 is 10.8. The van der Waals surface area contributed by atoms with Gasteiger partial charge in [0, 0.05) is 26.1 Å². The molecule has 0 radical (unpaired) electrons. The van der Waals surface area contributed by atoms with Crippen LogP contribution < -0.4 is 14.8 Å². The van der Waals surface area contributed by atoms with Crippen LogP contribution in [-0.4, -0.2) is 37.2 Å². The third kappa shape index (κ3) is 3.29. The van der Waals surface area contributed by atoms with Crippen LogP contribution in [0.1, 0.15) is 37.8 Å². The van der Waals surface area contributed by atoms with Crippen LogP contribution in [0, 0.1) is 0 Å². The Morgan fingerprint density at radius 2 is 2.24 bits per heavy atom. The minimum absolute atomic E-state index is 0.0451. The molecule has 0 unspecified atom stereocenters. The largest absolute Gasteiger partial charge is 0.454 e. The molecule has 2 aliphatic heterocycles. The van der Waals surface area contributed by atoms with Crippen molar-refractivity contribution in [1.29, 1.82) is 0 Å². The van der Waals surface area contributed by atoms with E-state index < -0.39 is 0 Å². The molecule has 0 saturated carbocycles. The van der Waals surface area contributed by atoms with E-state index in [1.165, 1.54) is 18.4 Å². The maximum absolute atomic E-state index is 10.9. The van der Waals surface area contributed by atoms with E-state index in [-0.39, 0.29) is 5.91 Å². The molecule has 1 fully saturated rings. The van der Waals surface area contributed by atoms with Gasteiger partial charge in [0.05, 0.1) is 0 Å². The third-order valence-corrected chi connectivity index (χ3v) is 4.14. The topological polar surface area (TPSA) is 50.8 Å². The number of nitrogens with zero attached hydrogens (tertiary/aromatic N) is 1. The van der Waals surface area contributed by atoms with E-state index in [4.69, 9.17) is 9.47 Å². The van der Waals surface area contributed by atoms with Gasteiger partial charge < -0.3 is 14.8 Å². The van der Waals surface area contributed by atoms with Crippen molar-refractivity contribution in [3.05, 3.63) is 23.8 Å². The fourth-order valence-electron chi connectivity index (χ4n) is 3.14. The van der Waals surface area contributed by atoms with Gasteiger partial charge in [-0.25, -0.2) is 0 Å². The molecule has 1 aromatic rings. The molecule has 114 valence electrons. The maximum atomic E-state index is 10.9. The summed E-state index contributed by atoms with van der Waals surface area (Å²) in [6, 6.07) is 6.71. The minimum atomic E-state index is 0.0451. The van der Waals surface area contributed by atoms with Crippen molar-refractivity contribution in [3.8, 4) is 11.5 Å². The summed E-state index contributed by atoms with van der Waals surface area (Å²) in [7, 11) is 0. The van der Waals surface area contributed by atoms with E-state index in [2.05, 4.69) is 22.3 Å². The van der Waals surface area contributed by atoms with Crippen LogP contribution in [-0.2, 0) is 4.79 Å². The fourth-order valence-corrected chi connectivity index (χ4v) is 3.14. The van der Waals surface area contributed by atoms with E-state index >= 15 is 0 Å². The fraction of sp³-hybridized carbons (Fsp3) is 0.562. The SMILES string of the molecule is CC(=O)NCCCN1CCC[C@H]1c1ccc2c(c1)OCO2. The lowest BCUT2D eigenvalue weighted by molar-refractivity contribution is -0.118. The summed E-state index contributed by atoms with van der Waals surface area (Å²) in [4.78, 5) is 13.4. The smallest absolute Gasteiger partial charge is 0.231 e. The van der Waals surface area contributed by atoms with Crippen molar-refractivity contribution in [3.63, 3.8) is 0 Å². The molecule has 1 atom stereocenters. The number of fused-ring (bicyclic) bond motifs is 1. The number of hydrogen-bond acceptors (Lipinski definition) is 4. The first-order valence-electron chi connectivity index (χ1n) is 7.62. The molecule has 1 aromatic carbocycles. The quantitative estimate of drug-likeness (QED) is 0.844. The summed E-state index contributed by atoms with van der Waals surface area (Å²) in [5, 5.41) is 2.86. The van der Waals surface area contributed by atoms with Gasteiger partial charge in [-0.05, 0) is 43.5 Å². The molecule has 21 heavy (non-hydrogen) atoms. The molecule has 2 aliphatic rings. The highest BCUT2D eigenvalue weighted by molar-refractivity contribution is 5.72. The summed E-state index contributed by atoms with van der Waals surface area (Å²) in [6.07, 6.45) is 3.39. The monoisotopic (exact) mass is 290 g/mol. The molecule has 1 N–H and O–H groups in total. The normalized spacial score (nSPS) is 20.7. The van der Waals surface area contributed by atoms with Crippen molar-refractivity contribution >= 4 is 5.91 Å². The van der Waals surface area contributed by atoms with E-state index in [0.717, 1.165) is 37.6 Å². The highest BCUT2D eigenvalue weighted by atomic mass is 16.7. The van der Waals surface area contributed by atoms with Crippen LogP contribution in [0.25, 0.3) is 0 Å². The number of nitrogens with one attached hydrogen (secondary N) is 1. The second kappa shape index (κ2) is 6.35. The number of likely N-dealkylation sites (tertiary alicyclic amines) is 1. The van der Waals surface area contributed by atoms with E-state index in [9.17, 15) is 4.79 Å². The third-order valence-electron chi connectivity index (χ3n) is 4.14. The number of benzene rings is 1. The van der Waals surface area contributed by atoms with Crippen molar-refractivity contribution in [2.45, 2.75) is 32.2 Å². The Balaban J connectivity index is 1.60. The first kappa shape index (κ1) is 14.2. The summed E-state index contributed by atoms with van der Waals surface area (Å²) >= 11 is 0. The van der Waals surface area contributed by atoms with Crippen molar-refractivity contribution in [2.75, 3.05) is 26.4 Å². The van der Waals surface area contributed by atoms with Gasteiger partial charge in [0.1, 0.15) is 0 Å². The van der Waals surface area contributed by atoms with Gasteiger partial charge in [-0.2, -0.15) is 0 Å². The molecule has 1 saturated heterocycles. The van der Waals surface area contributed by atoms with E-state index in [1.54, 1.807) is 6.92 Å². The van der Waals surface area contributed by atoms with Gasteiger partial charge in [-0.15, -0.1) is 0 Å². The van der Waals surface area contributed by atoms with Crippen LogP contribution in [0.4, 0.5) is 0 Å². The number of ether oxygens (including phenoxy) is 2. The highest BCUT2D eigenvalue weighted by Crippen LogP contribution is 2.38. The molecule has 0 aliphatic carbocycles. The number of rotatable bonds is 5. The highest BCUT2D eigenvalue weighted by Gasteiger charge is 2.27. The number of amides is 1. The summed E-state index contributed by atoms with van der Waals surface area (Å²) in [5.41, 5.74) is 1.30. The van der Waals surface area contributed by atoms with Crippen LogP contribution in [0.3, 0.4) is 0 Å². The standard InChI is InChI=1S/C16H22N2O3/c1-12(19)17-7-3-9-18-8-2-4-14(18)13-5-6-15-16(10-13)21-11-20-15/h5-6,10,14H,2-4,7-9,11H2,1H3,(H,17,19)/t14-/m0/s1. The molecule has 3 rings (SSSR count). The first-order chi connectivity index (χ1) is 10.2. The molecule has 5 heteroatoms. The maximum Gasteiger partial charge on any atom is 0.231 e. The van der Waals surface area contributed by atoms with E-state index in [0.29, 0.717) is 12.8 Å². The minimum Gasteiger partial charge on any atom is -0.454 e. The molecule has 2 heterocycles. The summed E-state index contributed by atoms with van der Waals surface area (Å²) in [5.74, 6) is 1.75. The Bertz CT molecular complexity index is 518. The number of hydrogen-bond donors (Lipinski definition) is 1. The predicted molar refractivity (Wildman–Crippen MR) is 79.4 cm³/mol. The molecule has 5 nitrogen and oxygen atoms in total. The summed E-state index contributed by atoms with van der Waals surface area (Å²) in [6.45, 7) is 4.77. The molecule has 0 spiro atoms.